The van der Waals surface area contributed by atoms with E-state index in [1.807, 2.05) is 0 Å². The molecule has 0 aliphatic carbocycles. The second-order valence-electron chi connectivity index (χ2n) is 3.42. The molecule has 0 radical (unpaired) electrons. The fourth-order valence-electron chi connectivity index (χ4n) is 1.12. The minimum Gasteiger partial charge on any atom is -0.392 e. The summed E-state index contributed by atoms with van der Waals surface area (Å²) >= 11 is 0. The average Bonchev–Trinajstić information content (AvgIpc) is 2.14. The van der Waals surface area contributed by atoms with Crippen molar-refractivity contribution in [2.24, 2.45) is 0 Å². The summed E-state index contributed by atoms with van der Waals surface area (Å²) < 4.78 is 49.8. The van der Waals surface area contributed by atoms with Crippen LogP contribution in [-0.4, -0.2) is 17.8 Å². The summed E-state index contributed by atoms with van der Waals surface area (Å²) in [6.45, 7) is 1.59. The van der Waals surface area contributed by atoms with Crippen molar-refractivity contribution in [3.8, 4) is 0 Å². The van der Waals surface area contributed by atoms with E-state index in [9.17, 15) is 17.6 Å². The molecule has 1 atom stereocenters. The van der Waals surface area contributed by atoms with E-state index in [1.165, 1.54) is 13.0 Å². The van der Waals surface area contributed by atoms with Crippen molar-refractivity contribution in [1.29, 1.82) is 0 Å². The summed E-state index contributed by atoms with van der Waals surface area (Å²) in [5, 5.41) is 11.5. The van der Waals surface area contributed by atoms with Gasteiger partial charge in [-0.05, 0) is 25.1 Å². The van der Waals surface area contributed by atoms with Gasteiger partial charge in [-0.1, -0.05) is 0 Å². The van der Waals surface area contributed by atoms with Gasteiger partial charge in [0.1, 0.15) is 5.82 Å². The van der Waals surface area contributed by atoms with Crippen LogP contribution in [0.5, 0.6) is 0 Å². The third-order valence-corrected chi connectivity index (χ3v) is 1.87. The Morgan fingerprint density at radius 1 is 1.38 bits per heavy atom. The van der Waals surface area contributed by atoms with E-state index in [1.54, 1.807) is 0 Å². The molecular formula is C10H11F4NO. The first-order valence-corrected chi connectivity index (χ1v) is 4.59. The molecule has 1 aromatic rings. The Balaban J connectivity index is 2.90. The lowest BCUT2D eigenvalue weighted by Crippen LogP contribution is -2.16. The molecule has 6 heteroatoms. The molecule has 90 valence electrons. The number of aliphatic hydroxyl groups excluding tert-OH is 1. The number of benzene rings is 1. The van der Waals surface area contributed by atoms with Crippen LogP contribution in [0.1, 0.15) is 12.5 Å². The summed E-state index contributed by atoms with van der Waals surface area (Å²) in [5.41, 5.74) is -1.20. The van der Waals surface area contributed by atoms with Crippen molar-refractivity contribution in [3.63, 3.8) is 0 Å². The van der Waals surface area contributed by atoms with Gasteiger partial charge >= 0.3 is 6.18 Å². The van der Waals surface area contributed by atoms with Crippen molar-refractivity contribution < 1.29 is 22.7 Å². The van der Waals surface area contributed by atoms with Crippen molar-refractivity contribution in [2.45, 2.75) is 19.2 Å². The lowest BCUT2D eigenvalue weighted by molar-refractivity contribution is -0.139. The molecule has 0 aromatic heterocycles. The maximum absolute atomic E-state index is 12.9. The Hall–Kier alpha value is -1.30. The molecule has 1 aromatic carbocycles. The molecule has 16 heavy (non-hydrogen) atoms. The summed E-state index contributed by atoms with van der Waals surface area (Å²) in [6.07, 6.45) is -5.41. The number of halogens is 4. The maximum Gasteiger partial charge on any atom is 0.419 e. The normalized spacial score (nSPS) is 13.6. The molecule has 1 rings (SSSR count). The number of nitrogens with one attached hydrogen (secondary N) is 1. The minimum absolute atomic E-state index is 0.100. The fraction of sp³-hybridized carbons (Fsp3) is 0.400. The third-order valence-electron chi connectivity index (χ3n) is 1.87. The van der Waals surface area contributed by atoms with Crippen LogP contribution in [0.15, 0.2) is 18.2 Å². The van der Waals surface area contributed by atoms with Crippen molar-refractivity contribution in [2.75, 3.05) is 11.9 Å². The van der Waals surface area contributed by atoms with Gasteiger partial charge in [-0.2, -0.15) is 13.2 Å². The molecule has 0 spiro atoms. The van der Waals surface area contributed by atoms with Gasteiger partial charge in [-0.25, -0.2) is 4.39 Å². The number of alkyl halides is 3. The Morgan fingerprint density at radius 3 is 2.50 bits per heavy atom. The molecule has 2 N–H and O–H groups in total. The molecule has 0 fully saturated rings. The van der Waals surface area contributed by atoms with Gasteiger partial charge in [0, 0.05) is 12.2 Å². The highest BCUT2D eigenvalue weighted by molar-refractivity contribution is 5.47. The van der Waals surface area contributed by atoms with Gasteiger partial charge < -0.3 is 10.4 Å². The minimum atomic E-state index is -4.72. The van der Waals surface area contributed by atoms with E-state index in [0.717, 1.165) is 6.07 Å². The predicted molar refractivity (Wildman–Crippen MR) is 51.6 cm³/mol. The monoisotopic (exact) mass is 237 g/mol. The van der Waals surface area contributed by atoms with Crippen LogP contribution in [0.25, 0.3) is 0 Å². The molecular weight excluding hydrogens is 226 g/mol. The maximum atomic E-state index is 12.9. The van der Waals surface area contributed by atoms with Gasteiger partial charge in [0.15, 0.2) is 0 Å². The molecule has 0 saturated carbocycles. The van der Waals surface area contributed by atoms with Crippen LogP contribution < -0.4 is 5.32 Å². The number of anilines is 1. The first-order chi connectivity index (χ1) is 7.30. The van der Waals surface area contributed by atoms with Crippen LogP contribution >= 0.6 is 0 Å². The second-order valence-corrected chi connectivity index (χ2v) is 3.42. The zero-order valence-corrected chi connectivity index (χ0v) is 8.48. The van der Waals surface area contributed by atoms with Crippen LogP contribution in [0.3, 0.4) is 0 Å². The Kier molecular flexibility index (Phi) is 3.74. The highest BCUT2D eigenvalue weighted by atomic mass is 19.4. The zero-order chi connectivity index (χ0) is 12.3. The van der Waals surface area contributed by atoms with Crippen molar-refractivity contribution in [1.82, 2.24) is 0 Å². The average molecular weight is 237 g/mol. The molecule has 0 heterocycles. The third kappa shape index (κ3) is 3.37. The Labute approximate surface area is 89.9 Å². The number of rotatable bonds is 3. The number of aliphatic hydroxyl groups is 1. The van der Waals surface area contributed by atoms with Gasteiger partial charge in [-0.15, -0.1) is 0 Å². The molecule has 2 nitrogen and oxygen atoms in total. The van der Waals surface area contributed by atoms with Crippen LogP contribution in [0, 0.1) is 5.82 Å². The molecule has 0 aliphatic rings. The van der Waals surface area contributed by atoms with Crippen LogP contribution in [-0.2, 0) is 6.18 Å². The van der Waals surface area contributed by atoms with E-state index >= 15 is 0 Å². The molecule has 0 saturated heterocycles. The van der Waals surface area contributed by atoms with Gasteiger partial charge in [0.2, 0.25) is 0 Å². The summed E-state index contributed by atoms with van der Waals surface area (Å²) in [5.74, 6) is -1.31. The number of hydrogen-bond acceptors (Lipinski definition) is 2. The Morgan fingerprint density at radius 2 is 2.00 bits per heavy atom. The zero-order valence-electron chi connectivity index (χ0n) is 8.48. The number of hydrogen-bond donors (Lipinski definition) is 2. The quantitative estimate of drug-likeness (QED) is 0.792. The molecule has 0 amide bonds. The highest BCUT2D eigenvalue weighted by Gasteiger charge is 2.34. The Bertz CT molecular complexity index is 362. The van der Waals surface area contributed by atoms with Crippen LogP contribution in [0.2, 0.25) is 0 Å². The van der Waals surface area contributed by atoms with E-state index in [4.69, 9.17) is 5.11 Å². The van der Waals surface area contributed by atoms with Gasteiger partial charge in [0.05, 0.1) is 11.7 Å². The summed E-state index contributed by atoms with van der Waals surface area (Å²) in [7, 11) is 0. The SMILES string of the molecule is C[C@@H](O)CNc1ccc(F)c(C(F)(F)F)c1. The van der Waals surface area contributed by atoms with Crippen LogP contribution in [0.4, 0.5) is 23.2 Å². The topological polar surface area (TPSA) is 32.3 Å². The van der Waals surface area contributed by atoms with Crippen molar-refractivity contribution in [3.05, 3.63) is 29.6 Å². The first-order valence-electron chi connectivity index (χ1n) is 4.59. The van der Waals surface area contributed by atoms with E-state index in [0.29, 0.717) is 6.07 Å². The van der Waals surface area contributed by atoms with E-state index < -0.39 is 23.7 Å². The van der Waals surface area contributed by atoms with E-state index in [-0.39, 0.29) is 12.2 Å². The lowest BCUT2D eigenvalue weighted by atomic mass is 10.2. The van der Waals surface area contributed by atoms with Crippen molar-refractivity contribution >= 4 is 5.69 Å². The molecule has 0 unspecified atom stereocenters. The van der Waals surface area contributed by atoms with E-state index in [2.05, 4.69) is 5.32 Å². The summed E-state index contributed by atoms with van der Waals surface area (Å²) in [6, 6.07) is 2.61. The standard InChI is InChI=1S/C10H11F4NO/c1-6(16)5-15-7-2-3-9(11)8(4-7)10(12,13)14/h2-4,6,15-16H,5H2,1H3/t6-/m1/s1. The molecule has 0 bridgehead atoms. The molecule has 0 aliphatic heterocycles. The summed E-state index contributed by atoms with van der Waals surface area (Å²) in [4.78, 5) is 0. The lowest BCUT2D eigenvalue weighted by Gasteiger charge is -2.12. The van der Waals surface area contributed by atoms with Gasteiger partial charge in [0.25, 0.3) is 0 Å². The smallest absolute Gasteiger partial charge is 0.392 e. The highest BCUT2D eigenvalue weighted by Crippen LogP contribution is 2.32. The largest absolute Gasteiger partial charge is 0.419 e. The second kappa shape index (κ2) is 4.69. The fourth-order valence-corrected chi connectivity index (χ4v) is 1.12. The predicted octanol–water partition coefficient (Wildman–Crippen LogP) is 2.64. The first kappa shape index (κ1) is 12.8. The van der Waals surface area contributed by atoms with Gasteiger partial charge in [-0.3, -0.25) is 0 Å².